The highest BCUT2D eigenvalue weighted by Crippen LogP contribution is 2.31. The van der Waals surface area contributed by atoms with Gasteiger partial charge in [-0.15, -0.1) is 6.42 Å². The Morgan fingerprint density at radius 3 is 2.54 bits per heavy atom. The predicted molar refractivity (Wildman–Crippen MR) is 137 cm³/mol. The Hall–Kier alpha value is -2.77. The van der Waals surface area contributed by atoms with E-state index >= 15 is 0 Å². The molecule has 0 aliphatic carbocycles. The minimum absolute atomic E-state index is 0.0682. The summed E-state index contributed by atoms with van der Waals surface area (Å²) in [7, 11) is 0. The van der Waals surface area contributed by atoms with Crippen LogP contribution in [0, 0.1) is 18.3 Å². The number of carbonyl (C=O) groups excluding carboxylic acids is 2. The van der Waals surface area contributed by atoms with E-state index in [1.807, 2.05) is 6.07 Å². The van der Waals surface area contributed by atoms with Gasteiger partial charge in [0.15, 0.2) is 0 Å². The third-order valence-corrected chi connectivity index (χ3v) is 7.57. The molecule has 1 saturated heterocycles. The van der Waals surface area contributed by atoms with Crippen LogP contribution in [0.1, 0.15) is 38.3 Å². The fourth-order valence-corrected chi connectivity index (χ4v) is 5.28. The molecule has 0 saturated carbocycles. The Kier molecular flexibility index (Phi) is 9.81. The molecule has 188 valence electrons. The molecule has 0 bridgehead atoms. The second-order valence-corrected chi connectivity index (χ2v) is 9.82. The van der Waals surface area contributed by atoms with Crippen molar-refractivity contribution in [2.45, 2.75) is 38.8 Å². The number of hydrogen-bond acceptors (Lipinski definition) is 5. The van der Waals surface area contributed by atoms with Gasteiger partial charge in [-0.1, -0.05) is 48.4 Å². The lowest BCUT2D eigenvalue weighted by atomic mass is 9.93. The van der Waals surface area contributed by atoms with Crippen LogP contribution in [0.25, 0.3) is 10.8 Å². The molecule has 35 heavy (non-hydrogen) atoms. The van der Waals surface area contributed by atoms with Gasteiger partial charge in [0, 0.05) is 23.9 Å². The third kappa shape index (κ3) is 7.12. The summed E-state index contributed by atoms with van der Waals surface area (Å²) in [5.41, 5.74) is 1.29. The quantitative estimate of drug-likeness (QED) is 0.386. The fourth-order valence-electron chi connectivity index (χ4n) is 4.59. The Morgan fingerprint density at radius 2 is 1.86 bits per heavy atom. The van der Waals surface area contributed by atoms with Crippen molar-refractivity contribution in [3.05, 3.63) is 48.0 Å². The Morgan fingerprint density at radius 1 is 1.17 bits per heavy atom. The summed E-state index contributed by atoms with van der Waals surface area (Å²) < 4.78 is 25.0. The molecule has 3 rings (SSSR count). The summed E-state index contributed by atoms with van der Waals surface area (Å²) >= 11 is -2.56. The van der Waals surface area contributed by atoms with E-state index in [1.54, 1.807) is 0 Å². The molecule has 2 N–H and O–H groups in total. The Bertz CT molecular complexity index is 1090. The second-order valence-electron chi connectivity index (χ2n) is 8.92. The molecular formula is C26H33N4O4S-. The lowest BCUT2D eigenvalue weighted by Gasteiger charge is -2.39. The third-order valence-electron chi connectivity index (χ3n) is 6.72. The number of amides is 2. The number of terminal acetylenes is 1. The van der Waals surface area contributed by atoms with E-state index in [4.69, 9.17) is 6.42 Å². The Labute approximate surface area is 209 Å². The molecule has 1 aliphatic heterocycles. The van der Waals surface area contributed by atoms with Crippen molar-refractivity contribution < 1.29 is 18.4 Å². The number of fused-ring (bicyclic) bond motifs is 1. The zero-order valence-corrected chi connectivity index (χ0v) is 21.1. The van der Waals surface area contributed by atoms with Gasteiger partial charge in [-0.3, -0.25) is 18.7 Å². The second kappa shape index (κ2) is 12.8. The maximum atomic E-state index is 12.5. The highest BCUT2D eigenvalue weighted by atomic mass is 32.2. The van der Waals surface area contributed by atoms with E-state index in [-0.39, 0.29) is 31.6 Å². The van der Waals surface area contributed by atoms with Crippen molar-refractivity contribution in [3.8, 4) is 12.3 Å². The number of benzene rings is 2. The molecule has 8 nitrogen and oxygen atoms in total. The molecule has 1 aliphatic rings. The van der Waals surface area contributed by atoms with Crippen molar-refractivity contribution >= 4 is 33.9 Å². The van der Waals surface area contributed by atoms with E-state index in [9.17, 15) is 18.4 Å². The highest BCUT2D eigenvalue weighted by Gasteiger charge is 2.29. The van der Waals surface area contributed by atoms with Gasteiger partial charge in [-0.2, -0.15) is 0 Å². The topological polar surface area (TPSA) is 105 Å². The van der Waals surface area contributed by atoms with Crippen LogP contribution in [0.3, 0.4) is 0 Å². The van der Waals surface area contributed by atoms with Crippen LogP contribution in [-0.2, 0) is 20.9 Å². The summed E-state index contributed by atoms with van der Waals surface area (Å²) in [5.74, 6) is 1.48. The summed E-state index contributed by atoms with van der Waals surface area (Å²) in [6.07, 6.45) is 6.77. The van der Waals surface area contributed by atoms with Crippen LogP contribution in [-0.4, -0.2) is 68.5 Å². The minimum atomic E-state index is -2.56. The summed E-state index contributed by atoms with van der Waals surface area (Å²) in [6.45, 7) is 5.53. The molecule has 0 radical (unpaired) electrons. The van der Waals surface area contributed by atoms with E-state index in [0.717, 1.165) is 25.9 Å². The maximum absolute atomic E-state index is 12.5. The lowest BCUT2D eigenvalue weighted by Crippen LogP contribution is -2.50. The van der Waals surface area contributed by atoms with Gasteiger partial charge < -0.3 is 15.2 Å². The van der Waals surface area contributed by atoms with Crippen molar-refractivity contribution in [1.82, 2.24) is 19.8 Å². The number of likely N-dealkylation sites (tertiary alicyclic amines) is 1. The van der Waals surface area contributed by atoms with Crippen LogP contribution < -0.4 is 10.6 Å². The molecule has 2 aromatic carbocycles. The first-order chi connectivity index (χ1) is 16.8. The van der Waals surface area contributed by atoms with E-state index in [0.29, 0.717) is 0 Å². The number of rotatable bonds is 10. The highest BCUT2D eigenvalue weighted by molar-refractivity contribution is 7.76. The van der Waals surface area contributed by atoms with Gasteiger partial charge in [0.1, 0.15) is 0 Å². The van der Waals surface area contributed by atoms with Gasteiger partial charge in [-0.25, -0.2) is 4.31 Å². The van der Waals surface area contributed by atoms with Gasteiger partial charge in [-0.05, 0) is 62.0 Å². The van der Waals surface area contributed by atoms with E-state index < -0.39 is 29.1 Å². The van der Waals surface area contributed by atoms with Crippen molar-refractivity contribution in [3.63, 3.8) is 0 Å². The average Bonchev–Trinajstić information content (AvgIpc) is 2.88. The summed E-state index contributed by atoms with van der Waals surface area (Å²) in [4.78, 5) is 26.5. The number of nitrogens with zero attached hydrogens (tertiary/aromatic N) is 2. The monoisotopic (exact) mass is 497 g/mol. The molecule has 1 fully saturated rings. The summed E-state index contributed by atoms with van der Waals surface area (Å²) in [6, 6.07) is 14.1. The van der Waals surface area contributed by atoms with Gasteiger partial charge in [0.2, 0.25) is 11.8 Å². The minimum Gasteiger partial charge on any atom is -0.760 e. The van der Waals surface area contributed by atoms with Gasteiger partial charge >= 0.3 is 0 Å². The largest absolute Gasteiger partial charge is 0.760 e. The number of carbonyl (C=O) groups is 2. The van der Waals surface area contributed by atoms with Crippen molar-refractivity contribution in [2.75, 3.05) is 32.7 Å². The smallest absolute Gasteiger partial charge is 0.240 e. The van der Waals surface area contributed by atoms with Crippen LogP contribution in [0.15, 0.2) is 42.5 Å². The molecule has 1 heterocycles. The molecule has 3 unspecified atom stereocenters. The Balaban J connectivity index is 1.55. The van der Waals surface area contributed by atoms with Crippen molar-refractivity contribution in [1.29, 1.82) is 0 Å². The van der Waals surface area contributed by atoms with Crippen LogP contribution in [0.4, 0.5) is 0 Å². The molecule has 0 spiro atoms. The average molecular weight is 498 g/mol. The number of nitrogens with one attached hydrogen (secondary N) is 2. The molecule has 0 aromatic heterocycles. The molecule has 3 atom stereocenters. The van der Waals surface area contributed by atoms with Crippen molar-refractivity contribution in [2.24, 2.45) is 5.92 Å². The normalized spacial score (nSPS) is 17.5. The molecule has 9 heteroatoms. The molecule has 2 amide bonds. The van der Waals surface area contributed by atoms with Crippen LogP contribution in [0.2, 0.25) is 0 Å². The van der Waals surface area contributed by atoms with E-state index in [2.05, 4.69) is 64.8 Å². The molecular weight excluding hydrogens is 464 g/mol. The zero-order valence-electron chi connectivity index (χ0n) is 20.2. The lowest BCUT2D eigenvalue weighted by molar-refractivity contribution is -0.128. The fraction of sp³-hybridized carbons (Fsp3) is 0.462. The van der Waals surface area contributed by atoms with Crippen LogP contribution >= 0.6 is 0 Å². The van der Waals surface area contributed by atoms with E-state index in [1.165, 1.54) is 27.6 Å². The number of hydrogen-bond donors (Lipinski definition) is 2. The number of piperidine rings is 1. The first kappa shape index (κ1) is 26.8. The first-order valence-corrected chi connectivity index (χ1v) is 12.9. The summed E-state index contributed by atoms with van der Waals surface area (Å²) in [5, 5.41) is 7.40. The molecule has 2 aromatic rings. The standard InChI is InChI=1S/C26H34N4O4S/c1-4-14-27-25(31)17-28-26(32)20(3)30(35(33)34)18-21-12-15-29(16-13-21)19(2)23-11-7-9-22-8-5-6-10-24(22)23/h1,5-11,19-21H,12-18H2,2-3H3,(H,27,31)(H,28,32)(H,33,34)/p-1. The van der Waals surface area contributed by atoms with Gasteiger partial charge in [0.05, 0.1) is 19.1 Å². The maximum Gasteiger partial charge on any atom is 0.240 e. The first-order valence-electron chi connectivity index (χ1n) is 11.9. The van der Waals surface area contributed by atoms with Crippen LogP contribution in [0.5, 0.6) is 0 Å². The predicted octanol–water partition coefficient (Wildman–Crippen LogP) is 1.96. The van der Waals surface area contributed by atoms with Gasteiger partial charge in [0.25, 0.3) is 0 Å². The zero-order chi connectivity index (χ0) is 25.4. The SMILES string of the molecule is C#CCNC(=O)CNC(=O)C(C)N(CC1CCN(C(C)c2cccc3ccccc23)CC1)S(=O)[O-].